The summed E-state index contributed by atoms with van der Waals surface area (Å²) < 4.78 is 0. The van der Waals surface area contributed by atoms with Crippen LogP contribution in [0.3, 0.4) is 0 Å². The Hall–Kier alpha value is -4.43. The number of aromatic hydroxyl groups is 1. The maximum absolute atomic E-state index is 13.9. The second kappa shape index (κ2) is 9.34. The Bertz CT molecular complexity index is 1600. The number of aliphatic hydroxyl groups excluding tert-OH is 3. The van der Waals surface area contributed by atoms with E-state index in [1.165, 1.54) is 25.1 Å². The van der Waals surface area contributed by atoms with Crippen molar-refractivity contribution in [1.29, 1.82) is 0 Å². The van der Waals surface area contributed by atoms with Gasteiger partial charge >= 0.3 is 0 Å². The minimum absolute atomic E-state index is 0.180. The van der Waals surface area contributed by atoms with E-state index >= 15 is 0 Å². The minimum atomic E-state index is -2.95. The molecule has 0 radical (unpaired) electrons. The fourth-order valence-corrected chi connectivity index (χ4v) is 6.47. The van der Waals surface area contributed by atoms with Gasteiger partial charge in [-0.15, -0.1) is 0 Å². The number of nitrogens with two attached hydrogens (primary N) is 1. The number of Topliss-reactive ketones (excluding diaryl/α,β-unsaturated/α-hetero) is 2. The van der Waals surface area contributed by atoms with Crippen molar-refractivity contribution in [3.8, 4) is 17.6 Å². The van der Waals surface area contributed by atoms with Crippen molar-refractivity contribution in [3.05, 3.63) is 87.4 Å². The molecule has 0 aromatic heterocycles. The molecule has 2 aromatic rings. The van der Waals surface area contributed by atoms with Gasteiger partial charge in [-0.2, -0.15) is 0 Å². The van der Waals surface area contributed by atoms with Gasteiger partial charge in [0.05, 0.1) is 23.6 Å². The molecule has 0 bridgehead atoms. The van der Waals surface area contributed by atoms with Crippen molar-refractivity contribution < 1.29 is 39.9 Å². The number of benzene rings is 2. The first-order valence-electron chi connectivity index (χ1n) is 12.6. The molecular formula is C30H28N2O8. The molecule has 3 aliphatic rings. The largest absolute Gasteiger partial charge is 0.510 e. The summed E-state index contributed by atoms with van der Waals surface area (Å²) in [6, 6.07) is 10.6. The number of hydrogen-bond acceptors (Lipinski definition) is 9. The van der Waals surface area contributed by atoms with Gasteiger partial charge in [-0.3, -0.25) is 19.3 Å². The average molecular weight is 545 g/mol. The summed E-state index contributed by atoms with van der Waals surface area (Å²) in [5.74, 6) is -3.35. The maximum Gasteiger partial charge on any atom is 0.255 e. The molecule has 10 nitrogen and oxygen atoms in total. The molecule has 7 N–H and O–H groups in total. The lowest BCUT2D eigenvalue weighted by Gasteiger charge is -2.53. The molecule has 1 amide bonds. The van der Waals surface area contributed by atoms with Crippen LogP contribution in [0.4, 0.5) is 0 Å². The van der Waals surface area contributed by atoms with E-state index in [0.717, 1.165) is 0 Å². The van der Waals surface area contributed by atoms with Crippen molar-refractivity contribution in [3.63, 3.8) is 0 Å². The standard InChI is InChI=1S/C30H28N2O8/c1-13-17-15(10-9-14-7-5-4-6-8-14)11-12-16(33)19(17)24(34)20-18(13)25(35)22-23(32(2)3)26(36)21(29(31)39)28(38)30(22,40)27(20)37/h4-8,11-13,18,22-23,25,33,35-37,40H,1-3H3,(H2,31,39)/t13-,18+,22+,23-,25-,30-/m0/s1. The van der Waals surface area contributed by atoms with E-state index in [2.05, 4.69) is 11.8 Å². The second-order valence-electron chi connectivity index (χ2n) is 10.6. The predicted molar refractivity (Wildman–Crippen MR) is 142 cm³/mol. The normalized spacial score (nSPS) is 29.4. The number of phenols is 1. The van der Waals surface area contributed by atoms with Crippen molar-refractivity contribution in [2.24, 2.45) is 17.6 Å². The smallest absolute Gasteiger partial charge is 0.255 e. The number of carbonyl (C=O) groups is 3. The van der Waals surface area contributed by atoms with Gasteiger partial charge in [0.2, 0.25) is 5.78 Å². The van der Waals surface area contributed by atoms with Gasteiger partial charge in [-0.25, -0.2) is 0 Å². The molecule has 0 saturated heterocycles. The van der Waals surface area contributed by atoms with Gasteiger partial charge < -0.3 is 31.3 Å². The molecule has 0 fully saturated rings. The molecule has 40 heavy (non-hydrogen) atoms. The van der Waals surface area contributed by atoms with Gasteiger partial charge in [-0.05, 0) is 49.8 Å². The van der Waals surface area contributed by atoms with Crippen LogP contribution >= 0.6 is 0 Å². The fraction of sp³-hybridized carbons (Fsp3) is 0.300. The van der Waals surface area contributed by atoms with E-state index in [1.807, 2.05) is 18.2 Å². The first-order valence-corrected chi connectivity index (χ1v) is 12.6. The van der Waals surface area contributed by atoms with E-state index in [1.54, 1.807) is 25.1 Å². The van der Waals surface area contributed by atoms with Gasteiger partial charge in [0.1, 0.15) is 22.8 Å². The lowest BCUT2D eigenvalue weighted by Crippen LogP contribution is -2.68. The van der Waals surface area contributed by atoms with Crippen LogP contribution in [0.15, 0.2) is 65.1 Å². The molecule has 0 saturated carbocycles. The van der Waals surface area contributed by atoms with E-state index in [-0.39, 0.29) is 5.56 Å². The van der Waals surface area contributed by atoms with Crippen molar-refractivity contribution in [1.82, 2.24) is 4.90 Å². The molecule has 3 aliphatic carbocycles. The van der Waals surface area contributed by atoms with Crippen LogP contribution in [-0.4, -0.2) is 79.7 Å². The lowest BCUT2D eigenvalue weighted by atomic mass is 9.55. The number of amides is 1. The van der Waals surface area contributed by atoms with Crippen LogP contribution < -0.4 is 5.73 Å². The third-order valence-electron chi connectivity index (χ3n) is 8.22. The quantitative estimate of drug-likeness (QED) is 0.238. The summed E-state index contributed by atoms with van der Waals surface area (Å²) >= 11 is 0. The van der Waals surface area contributed by atoms with Gasteiger partial charge in [0, 0.05) is 22.6 Å². The Kier molecular flexibility index (Phi) is 6.34. The summed E-state index contributed by atoms with van der Waals surface area (Å²) in [7, 11) is 2.97. The highest BCUT2D eigenvalue weighted by Gasteiger charge is 2.67. The Morgan fingerprint density at radius 1 is 1.02 bits per heavy atom. The number of carbonyl (C=O) groups excluding carboxylic acids is 3. The van der Waals surface area contributed by atoms with Crippen LogP contribution in [0.2, 0.25) is 0 Å². The van der Waals surface area contributed by atoms with E-state index in [4.69, 9.17) is 5.73 Å². The van der Waals surface area contributed by atoms with E-state index in [0.29, 0.717) is 16.7 Å². The highest BCUT2D eigenvalue weighted by atomic mass is 16.4. The zero-order valence-corrected chi connectivity index (χ0v) is 21.9. The first-order chi connectivity index (χ1) is 18.8. The molecule has 206 valence electrons. The summed E-state index contributed by atoms with van der Waals surface area (Å²) in [6.07, 6.45) is -1.67. The number of primary amides is 1. The molecular weight excluding hydrogens is 516 g/mol. The first kappa shape index (κ1) is 27.1. The molecule has 2 aromatic carbocycles. The van der Waals surface area contributed by atoms with Crippen molar-refractivity contribution in [2.75, 3.05) is 14.1 Å². The zero-order chi connectivity index (χ0) is 29.3. The monoisotopic (exact) mass is 544 g/mol. The fourth-order valence-electron chi connectivity index (χ4n) is 6.47. The summed E-state index contributed by atoms with van der Waals surface area (Å²) in [4.78, 5) is 40.8. The maximum atomic E-state index is 13.9. The molecule has 0 spiro atoms. The third kappa shape index (κ3) is 3.59. The van der Waals surface area contributed by atoms with Crippen molar-refractivity contribution in [2.45, 2.75) is 30.6 Å². The van der Waals surface area contributed by atoms with Gasteiger partial charge in [-0.1, -0.05) is 37.0 Å². The van der Waals surface area contributed by atoms with E-state index < -0.39 is 81.4 Å². The minimum Gasteiger partial charge on any atom is -0.510 e. The third-order valence-corrected chi connectivity index (χ3v) is 8.22. The summed E-state index contributed by atoms with van der Waals surface area (Å²) in [5.41, 5.74) is 2.26. The Morgan fingerprint density at radius 3 is 2.27 bits per heavy atom. The number of phenolic OH excluding ortho intramolecular Hbond substituents is 1. The summed E-state index contributed by atoms with van der Waals surface area (Å²) in [6.45, 7) is 1.67. The highest BCUT2D eigenvalue weighted by Crippen LogP contribution is 2.55. The van der Waals surface area contributed by atoms with Crippen molar-refractivity contribution >= 4 is 17.5 Å². The Labute approximate surface area is 229 Å². The summed E-state index contributed by atoms with van der Waals surface area (Å²) in [5, 5.41) is 56.6. The SMILES string of the molecule is C[C@H]1c2c(C#Cc3ccccc3)ccc(O)c2C(=O)C2=C(O)[C@]3(O)C(=O)C(C(N)=O)=C(O)[C@@H](N(C)C)[C@@H]3[C@@H](O)[C@@H]21. The molecule has 0 heterocycles. The number of likely N-dealkylation sites (N-methyl/N-ethyl adjacent to an activating group) is 1. The molecule has 10 heteroatoms. The van der Waals surface area contributed by atoms with Crippen LogP contribution in [-0.2, 0) is 9.59 Å². The van der Waals surface area contributed by atoms with Gasteiger partial charge in [0.25, 0.3) is 5.91 Å². The molecule has 5 rings (SSSR count). The number of rotatable bonds is 2. The highest BCUT2D eigenvalue weighted by molar-refractivity contribution is 6.25. The second-order valence-corrected chi connectivity index (χ2v) is 10.6. The van der Waals surface area contributed by atoms with Crippen LogP contribution in [0.25, 0.3) is 0 Å². The molecule has 6 atom stereocenters. The topological polar surface area (TPSA) is 182 Å². The van der Waals surface area contributed by atoms with E-state index in [9.17, 15) is 39.9 Å². The number of hydrogen-bond donors (Lipinski definition) is 6. The number of fused-ring (bicyclic) bond motifs is 3. The lowest BCUT2D eigenvalue weighted by molar-refractivity contribution is -0.162. The Morgan fingerprint density at radius 2 is 1.68 bits per heavy atom. The Balaban J connectivity index is 1.76. The predicted octanol–water partition coefficient (Wildman–Crippen LogP) is 1.05. The molecule has 0 unspecified atom stereocenters. The van der Waals surface area contributed by atoms with Crippen LogP contribution in [0, 0.1) is 23.7 Å². The number of aliphatic hydroxyl groups is 4. The van der Waals surface area contributed by atoms with Crippen LogP contribution in [0.1, 0.15) is 39.9 Å². The van der Waals surface area contributed by atoms with Crippen LogP contribution in [0.5, 0.6) is 5.75 Å². The number of ketones is 2. The molecule has 0 aliphatic heterocycles. The average Bonchev–Trinajstić information content (AvgIpc) is 2.90. The zero-order valence-electron chi connectivity index (χ0n) is 21.9. The number of nitrogens with zero attached hydrogens (tertiary/aromatic N) is 1. The van der Waals surface area contributed by atoms with Gasteiger partial charge in [0.15, 0.2) is 11.4 Å².